The third kappa shape index (κ3) is 4.44. The summed E-state index contributed by atoms with van der Waals surface area (Å²) in [6.45, 7) is 3.38. The van der Waals surface area contributed by atoms with E-state index in [0.717, 1.165) is 43.1 Å². The molecule has 0 saturated carbocycles. The maximum atomic E-state index is 13.3. The summed E-state index contributed by atoms with van der Waals surface area (Å²) in [7, 11) is 0. The molecule has 3 amide bonds. The van der Waals surface area contributed by atoms with E-state index in [4.69, 9.17) is 16.9 Å². The first-order valence-corrected chi connectivity index (χ1v) is 11.6. The third-order valence-electron chi connectivity index (χ3n) is 6.95. The SMILES string of the molecule is CCn1c(CC[C@@H]2CCCN2C(=O)[C@H]2CCC(=O)N2CC(N)=O)cc2ccc(C(=N)N)cc21. The van der Waals surface area contributed by atoms with E-state index < -0.39 is 11.9 Å². The number of fused-ring (bicyclic) bond motifs is 1. The van der Waals surface area contributed by atoms with Crippen LogP contribution in [-0.2, 0) is 27.3 Å². The number of hydrogen-bond donors (Lipinski definition) is 3. The minimum absolute atomic E-state index is 0.0539. The largest absolute Gasteiger partial charge is 0.384 e. The summed E-state index contributed by atoms with van der Waals surface area (Å²) in [6, 6.07) is 7.52. The summed E-state index contributed by atoms with van der Waals surface area (Å²) in [5, 5.41) is 8.83. The predicted octanol–water partition coefficient (Wildman–Crippen LogP) is 1.35. The van der Waals surface area contributed by atoms with Crippen molar-refractivity contribution in [1.29, 1.82) is 5.41 Å². The highest BCUT2D eigenvalue weighted by molar-refractivity contribution is 5.98. The van der Waals surface area contributed by atoms with Gasteiger partial charge in [0, 0.05) is 42.3 Å². The fraction of sp³-hybridized carbons (Fsp3) is 0.500. The molecule has 2 aliphatic heterocycles. The number of amidine groups is 1. The molecular formula is C24H32N6O3. The molecule has 2 aromatic rings. The second kappa shape index (κ2) is 9.25. The molecule has 2 fully saturated rings. The quantitative estimate of drug-likeness (QED) is 0.411. The molecule has 0 bridgehead atoms. The number of nitrogens with one attached hydrogen (secondary N) is 1. The number of aromatic nitrogens is 1. The lowest BCUT2D eigenvalue weighted by Gasteiger charge is -2.31. The fourth-order valence-corrected chi connectivity index (χ4v) is 5.35. The number of amides is 3. The van der Waals surface area contributed by atoms with Crippen LogP contribution in [0.15, 0.2) is 24.3 Å². The van der Waals surface area contributed by atoms with E-state index in [2.05, 4.69) is 17.6 Å². The van der Waals surface area contributed by atoms with Crippen LogP contribution < -0.4 is 11.5 Å². The normalized spacial score (nSPS) is 20.7. The van der Waals surface area contributed by atoms with Crippen LogP contribution in [0.2, 0.25) is 0 Å². The summed E-state index contributed by atoms with van der Waals surface area (Å²) in [5.41, 5.74) is 13.9. The van der Waals surface area contributed by atoms with Crippen LogP contribution in [0.5, 0.6) is 0 Å². The van der Waals surface area contributed by atoms with Crippen molar-refractivity contribution in [1.82, 2.24) is 14.4 Å². The molecule has 1 aromatic heterocycles. The van der Waals surface area contributed by atoms with Gasteiger partial charge in [0.2, 0.25) is 17.7 Å². The average molecular weight is 453 g/mol. The topological polar surface area (TPSA) is 139 Å². The molecule has 9 heteroatoms. The Bertz CT molecular complexity index is 1110. The molecule has 0 radical (unpaired) electrons. The lowest BCUT2D eigenvalue weighted by atomic mass is 10.1. The van der Waals surface area contributed by atoms with E-state index in [0.29, 0.717) is 18.5 Å². The zero-order chi connectivity index (χ0) is 23.7. The number of benzene rings is 1. The molecule has 2 saturated heterocycles. The van der Waals surface area contributed by atoms with Crippen LogP contribution in [-0.4, -0.2) is 63.1 Å². The van der Waals surface area contributed by atoms with E-state index in [1.54, 1.807) is 0 Å². The van der Waals surface area contributed by atoms with Crippen molar-refractivity contribution in [2.75, 3.05) is 13.1 Å². The van der Waals surface area contributed by atoms with Crippen molar-refractivity contribution in [2.24, 2.45) is 11.5 Å². The van der Waals surface area contributed by atoms with Crippen molar-refractivity contribution in [3.63, 3.8) is 0 Å². The standard InChI is InChI=1S/C24H32N6O3/c1-2-28-18(12-15-5-6-16(23(26)27)13-20(15)28)8-7-17-4-3-11-29(17)24(33)19-9-10-22(32)30(19)14-21(25)31/h5-6,12-13,17,19H,2-4,7-11,14H2,1H3,(H2,25,31)(H3,26,27)/t17-,19+/m0/s1. The van der Waals surface area contributed by atoms with Gasteiger partial charge in [-0.25, -0.2) is 0 Å². The van der Waals surface area contributed by atoms with Gasteiger partial charge in [-0.1, -0.05) is 12.1 Å². The number of aryl methyl sites for hydroxylation is 2. The van der Waals surface area contributed by atoms with Crippen LogP contribution >= 0.6 is 0 Å². The number of nitrogen functional groups attached to an aromatic ring is 1. The zero-order valence-corrected chi connectivity index (χ0v) is 19.0. The molecule has 5 N–H and O–H groups in total. The van der Waals surface area contributed by atoms with Crippen LogP contribution in [0.3, 0.4) is 0 Å². The van der Waals surface area contributed by atoms with Crippen molar-refractivity contribution in [3.8, 4) is 0 Å². The molecule has 4 rings (SSSR count). The van der Waals surface area contributed by atoms with Crippen LogP contribution in [0.25, 0.3) is 10.9 Å². The number of nitrogens with zero attached hydrogens (tertiary/aromatic N) is 3. The summed E-state index contributed by atoms with van der Waals surface area (Å²) in [5.74, 6) is -0.786. The maximum Gasteiger partial charge on any atom is 0.245 e. The highest BCUT2D eigenvalue weighted by Crippen LogP contribution is 2.29. The third-order valence-corrected chi connectivity index (χ3v) is 6.95. The highest BCUT2D eigenvalue weighted by atomic mass is 16.2. The first kappa shape index (κ1) is 22.8. The molecular weight excluding hydrogens is 420 g/mol. The molecule has 0 unspecified atom stereocenters. The minimum Gasteiger partial charge on any atom is -0.384 e. The number of carbonyl (C=O) groups excluding carboxylic acids is 3. The van der Waals surface area contributed by atoms with Crippen molar-refractivity contribution in [3.05, 3.63) is 35.5 Å². The fourth-order valence-electron chi connectivity index (χ4n) is 5.35. The van der Waals surface area contributed by atoms with E-state index in [1.165, 1.54) is 10.6 Å². The predicted molar refractivity (Wildman–Crippen MR) is 126 cm³/mol. The van der Waals surface area contributed by atoms with Crippen molar-refractivity contribution >= 4 is 34.5 Å². The smallest absolute Gasteiger partial charge is 0.245 e. The van der Waals surface area contributed by atoms with E-state index in [-0.39, 0.29) is 36.7 Å². The van der Waals surface area contributed by atoms with Crippen molar-refractivity contribution < 1.29 is 14.4 Å². The number of carbonyl (C=O) groups is 3. The number of hydrogen-bond acceptors (Lipinski definition) is 4. The summed E-state index contributed by atoms with van der Waals surface area (Å²) >= 11 is 0. The molecule has 33 heavy (non-hydrogen) atoms. The maximum absolute atomic E-state index is 13.3. The molecule has 9 nitrogen and oxygen atoms in total. The Morgan fingerprint density at radius 1 is 1.18 bits per heavy atom. The minimum atomic E-state index is -0.596. The number of primary amides is 1. The first-order chi connectivity index (χ1) is 15.8. The Hall–Kier alpha value is -3.36. The van der Waals surface area contributed by atoms with E-state index >= 15 is 0 Å². The lowest BCUT2D eigenvalue weighted by Crippen LogP contribution is -2.50. The van der Waals surface area contributed by atoms with Gasteiger partial charge in [0.05, 0.1) is 0 Å². The van der Waals surface area contributed by atoms with Crippen LogP contribution in [0, 0.1) is 5.41 Å². The molecule has 176 valence electrons. The van der Waals surface area contributed by atoms with Crippen molar-refractivity contribution in [2.45, 2.75) is 64.1 Å². The van der Waals surface area contributed by atoms with Gasteiger partial charge in [0.15, 0.2) is 0 Å². The Balaban J connectivity index is 1.48. The number of likely N-dealkylation sites (tertiary alicyclic amines) is 2. The molecule has 1 aromatic carbocycles. The van der Waals surface area contributed by atoms with E-state index in [1.807, 2.05) is 23.1 Å². The Morgan fingerprint density at radius 3 is 2.67 bits per heavy atom. The molecule has 2 aliphatic rings. The van der Waals surface area contributed by atoms with Gasteiger partial charge >= 0.3 is 0 Å². The zero-order valence-electron chi connectivity index (χ0n) is 19.0. The molecule has 0 aliphatic carbocycles. The Labute approximate surface area is 193 Å². The van der Waals surface area contributed by atoms with Gasteiger partial charge in [-0.15, -0.1) is 0 Å². The van der Waals surface area contributed by atoms with Crippen LogP contribution in [0.4, 0.5) is 0 Å². The van der Waals surface area contributed by atoms with Gasteiger partial charge in [-0.05, 0) is 56.5 Å². The van der Waals surface area contributed by atoms with Gasteiger partial charge in [0.1, 0.15) is 18.4 Å². The monoisotopic (exact) mass is 452 g/mol. The Morgan fingerprint density at radius 2 is 1.97 bits per heavy atom. The average Bonchev–Trinajstić information content (AvgIpc) is 3.48. The molecule has 2 atom stereocenters. The number of rotatable bonds is 8. The van der Waals surface area contributed by atoms with Crippen LogP contribution in [0.1, 0.15) is 50.3 Å². The second-order valence-corrected chi connectivity index (χ2v) is 8.98. The molecule has 0 spiro atoms. The molecule has 3 heterocycles. The second-order valence-electron chi connectivity index (χ2n) is 8.98. The summed E-state index contributed by atoms with van der Waals surface area (Å²) < 4.78 is 2.24. The van der Waals surface area contributed by atoms with Gasteiger partial charge in [0.25, 0.3) is 0 Å². The van der Waals surface area contributed by atoms with Gasteiger partial charge in [-0.3, -0.25) is 19.8 Å². The summed E-state index contributed by atoms with van der Waals surface area (Å²) in [6.07, 6.45) is 4.24. The Kier molecular flexibility index (Phi) is 6.40. The van der Waals surface area contributed by atoms with E-state index in [9.17, 15) is 14.4 Å². The summed E-state index contributed by atoms with van der Waals surface area (Å²) in [4.78, 5) is 40.1. The lowest BCUT2D eigenvalue weighted by molar-refractivity contribution is -0.143. The van der Waals surface area contributed by atoms with Gasteiger partial charge in [-0.2, -0.15) is 0 Å². The number of nitrogens with two attached hydrogens (primary N) is 2. The highest BCUT2D eigenvalue weighted by Gasteiger charge is 2.41. The van der Waals surface area contributed by atoms with Gasteiger partial charge < -0.3 is 25.8 Å². The first-order valence-electron chi connectivity index (χ1n) is 11.6.